The van der Waals surface area contributed by atoms with Crippen molar-refractivity contribution in [2.75, 3.05) is 0 Å². The highest BCUT2D eigenvalue weighted by Crippen LogP contribution is 2.23. The van der Waals surface area contributed by atoms with E-state index in [0.29, 0.717) is 0 Å². The molecule has 0 aliphatic carbocycles. The van der Waals surface area contributed by atoms with Gasteiger partial charge >= 0.3 is 11.9 Å². The first kappa shape index (κ1) is 11.5. The zero-order valence-electron chi connectivity index (χ0n) is 7.90. The van der Waals surface area contributed by atoms with Crippen LogP contribution in [-0.2, 0) is 4.79 Å². The van der Waals surface area contributed by atoms with Gasteiger partial charge in [0.1, 0.15) is 0 Å². The lowest BCUT2D eigenvalue weighted by molar-refractivity contribution is -0.138. The summed E-state index contributed by atoms with van der Waals surface area (Å²) in [6.07, 6.45) is 0. The van der Waals surface area contributed by atoms with Crippen molar-refractivity contribution in [2.24, 2.45) is 0 Å². The lowest BCUT2D eigenvalue weighted by atomic mass is 9.96. The summed E-state index contributed by atoms with van der Waals surface area (Å²) >= 11 is 5.63. The van der Waals surface area contributed by atoms with Gasteiger partial charge < -0.3 is 10.2 Å². The van der Waals surface area contributed by atoms with Crippen LogP contribution < -0.4 is 0 Å². The highest BCUT2D eigenvalue weighted by molar-refractivity contribution is 6.31. The maximum atomic E-state index is 10.8. The van der Waals surface area contributed by atoms with Crippen LogP contribution in [0.4, 0.5) is 0 Å². The molecular formula is C10H9ClO4. The summed E-state index contributed by atoms with van der Waals surface area (Å²) in [6.45, 7) is 1.43. The second-order valence-electron chi connectivity index (χ2n) is 3.10. The molecule has 1 aromatic carbocycles. The molecule has 0 spiro atoms. The first-order valence-electron chi connectivity index (χ1n) is 4.19. The van der Waals surface area contributed by atoms with Crippen LogP contribution in [-0.4, -0.2) is 22.2 Å². The van der Waals surface area contributed by atoms with Gasteiger partial charge in [0.05, 0.1) is 11.5 Å². The van der Waals surface area contributed by atoms with Crippen molar-refractivity contribution in [1.29, 1.82) is 0 Å². The molecule has 0 saturated heterocycles. The Bertz CT molecular complexity index is 414. The minimum Gasteiger partial charge on any atom is -0.481 e. The average Bonchev–Trinajstić information content (AvgIpc) is 2.16. The van der Waals surface area contributed by atoms with Gasteiger partial charge in [0.25, 0.3) is 0 Å². The second kappa shape index (κ2) is 4.31. The predicted octanol–water partition coefficient (Wildman–Crippen LogP) is 2.23. The molecule has 4 nitrogen and oxygen atoms in total. The minimum absolute atomic E-state index is 0.0719. The van der Waals surface area contributed by atoms with E-state index in [2.05, 4.69) is 0 Å². The molecule has 0 aromatic heterocycles. The van der Waals surface area contributed by atoms with E-state index in [0.717, 1.165) is 0 Å². The number of aromatic carboxylic acids is 1. The van der Waals surface area contributed by atoms with Gasteiger partial charge in [-0.15, -0.1) is 0 Å². The smallest absolute Gasteiger partial charge is 0.336 e. The third-order valence-electron chi connectivity index (χ3n) is 2.08. The molecule has 1 atom stereocenters. The molecular weight excluding hydrogens is 220 g/mol. The van der Waals surface area contributed by atoms with Crippen LogP contribution in [0, 0.1) is 0 Å². The summed E-state index contributed by atoms with van der Waals surface area (Å²) < 4.78 is 0. The molecule has 1 rings (SSSR count). The van der Waals surface area contributed by atoms with Crippen molar-refractivity contribution in [2.45, 2.75) is 12.8 Å². The molecule has 1 unspecified atom stereocenters. The van der Waals surface area contributed by atoms with Gasteiger partial charge in [-0.3, -0.25) is 4.79 Å². The van der Waals surface area contributed by atoms with E-state index in [4.69, 9.17) is 21.8 Å². The van der Waals surface area contributed by atoms with Crippen molar-refractivity contribution < 1.29 is 19.8 Å². The monoisotopic (exact) mass is 228 g/mol. The number of carbonyl (C=O) groups is 2. The maximum Gasteiger partial charge on any atom is 0.336 e. The molecule has 15 heavy (non-hydrogen) atoms. The van der Waals surface area contributed by atoms with Crippen molar-refractivity contribution in [3.63, 3.8) is 0 Å². The summed E-state index contributed by atoms with van der Waals surface area (Å²) in [5.41, 5.74) is 0.178. The largest absolute Gasteiger partial charge is 0.481 e. The molecule has 1 aromatic rings. The van der Waals surface area contributed by atoms with E-state index in [1.165, 1.54) is 25.1 Å². The fraction of sp³-hybridized carbons (Fsp3) is 0.200. The zero-order valence-corrected chi connectivity index (χ0v) is 8.65. The van der Waals surface area contributed by atoms with Gasteiger partial charge in [-0.2, -0.15) is 0 Å². The van der Waals surface area contributed by atoms with Crippen molar-refractivity contribution >= 4 is 23.5 Å². The second-order valence-corrected chi connectivity index (χ2v) is 3.53. The van der Waals surface area contributed by atoms with Crippen LogP contribution in [0.2, 0.25) is 5.02 Å². The SMILES string of the molecule is CC(C(=O)O)c1ccc(Cl)cc1C(=O)O. The first-order valence-corrected chi connectivity index (χ1v) is 4.57. The van der Waals surface area contributed by atoms with Gasteiger partial charge in [-0.25, -0.2) is 4.79 Å². The Balaban J connectivity index is 3.28. The van der Waals surface area contributed by atoms with Crippen LogP contribution in [0.1, 0.15) is 28.8 Å². The summed E-state index contributed by atoms with van der Waals surface area (Å²) in [5.74, 6) is -3.12. The Morgan fingerprint density at radius 2 is 1.93 bits per heavy atom. The maximum absolute atomic E-state index is 10.8. The van der Waals surface area contributed by atoms with Crippen LogP contribution >= 0.6 is 11.6 Å². The van der Waals surface area contributed by atoms with Crippen molar-refractivity contribution in [1.82, 2.24) is 0 Å². The molecule has 0 aliphatic rings. The Morgan fingerprint density at radius 3 is 2.40 bits per heavy atom. The minimum atomic E-state index is -1.18. The van der Waals surface area contributed by atoms with E-state index in [9.17, 15) is 9.59 Å². The van der Waals surface area contributed by atoms with Gasteiger partial charge in [0, 0.05) is 5.02 Å². The number of hydrogen-bond donors (Lipinski definition) is 2. The van der Waals surface area contributed by atoms with Crippen LogP contribution in [0.5, 0.6) is 0 Å². The summed E-state index contributed by atoms with van der Waals surface area (Å²) in [4.78, 5) is 21.6. The molecule has 0 amide bonds. The van der Waals surface area contributed by atoms with E-state index in [1.807, 2.05) is 0 Å². The molecule has 5 heteroatoms. The number of hydrogen-bond acceptors (Lipinski definition) is 2. The van der Waals surface area contributed by atoms with Crippen LogP contribution in [0.3, 0.4) is 0 Å². The van der Waals surface area contributed by atoms with E-state index in [-0.39, 0.29) is 16.1 Å². The molecule has 2 N–H and O–H groups in total. The average molecular weight is 229 g/mol. The quantitative estimate of drug-likeness (QED) is 0.832. The Labute approximate surface area is 91.1 Å². The van der Waals surface area contributed by atoms with Gasteiger partial charge in [-0.1, -0.05) is 17.7 Å². The zero-order chi connectivity index (χ0) is 11.6. The summed E-state index contributed by atoms with van der Waals surface area (Å²) in [7, 11) is 0. The number of aliphatic carboxylic acids is 1. The number of benzene rings is 1. The molecule has 0 fully saturated rings. The summed E-state index contributed by atoms with van der Waals surface area (Å²) in [6, 6.07) is 4.14. The number of carboxylic acid groups (broad SMARTS) is 2. The fourth-order valence-electron chi connectivity index (χ4n) is 1.22. The Kier molecular flexibility index (Phi) is 3.31. The lowest BCUT2D eigenvalue weighted by Crippen LogP contribution is -2.12. The summed E-state index contributed by atoms with van der Waals surface area (Å²) in [5, 5.41) is 17.9. The van der Waals surface area contributed by atoms with Gasteiger partial charge in [0.15, 0.2) is 0 Å². The topological polar surface area (TPSA) is 74.6 Å². The third kappa shape index (κ3) is 2.47. The van der Waals surface area contributed by atoms with Crippen molar-refractivity contribution in [3.8, 4) is 0 Å². The molecule has 0 saturated carbocycles. The molecule has 0 radical (unpaired) electrons. The normalized spacial score (nSPS) is 12.1. The third-order valence-corrected chi connectivity index (χ3v) is 2.32. The fourth-order valence-corrected chi connectivity index (χ4v) is 1.40. The first-order chi connectivity index (χ1) is 6.93. The number of halogens is 1. The molecule has 0 aliphatic heterocycles. The Morgan fingerprint density at radius 1 is 1.33 bits per heavy atom. The van der Waals surface area contributed by atoms with Gasteiger partial charge in [0.2, 0.25) is 0 Å². The van der Waals surface area contributed by atoms with E-state index >= 15 is 0 Å². The van der Waals surface area contributed by atoms with Crippen LogP contribution in [0.15, 0.2) is 18.2 Å². The molecule has 0 bridgehead atoms. The van der Waals surface area contributed by atoms with Gasteiger partial charge in [-0.05, 0) is 24.6 Å². The molecule has 80 valence electrons. The standard InChI is InChI=1S/C10H9ClO4/c1-5(9(12)13)7-3-2-6(11)4-8(7)10(14)15/h2-5H,1H3,(H,12,13)(H,14,15). The van der Waals surface area contributed by atoms with E-state index in [1.54, 1.807) is 0 Å². The number of rotatable bonds is 3. The molecule has 0 heterocycles. The Hall–Kier alpha value is -1.55. The van der Waals surface area contributed by atoms with Crippen molar-refractivity contribution in [3.05, 3.63) is 34.3 Å². The lowest BCUT2D eigenvalue weighted by Gasteiger charge is -2.10. The van der Waals surface area contributed by atoms with E-state index < -0.39 is 17.9 Å². The highest BCUT2D eigenvalue weighted by atomic mass is 35.5. The van der Waals surface area contributed by atoms with Crippen LogP contribution in [0.25, 0.3) is 0 Å². The predicted molar refractivity (Wildman–Crippen MR) is 54.5 cm³/mol. The highest BCUT2D eigenvalue weighted by Gasteiger charge is 2.20. The number of carboxylic acids is 2.